The lowest BCUT2D eigenvalue weighted by Gasteiger charge is -1.96. The molecule has 0 aliphatic rings. The molecule has 0 heterocycles. The summed E-state index contributed by atoms with van der Waals surface area (Å²) in [5.74, 6) is 2.22. The van der Waals surface area contributed by atoms with Crippen LogP contribution in [0.1, 0.15) is 20.3 Å². The van der Waals surface area contributed by atoms with E-state index in [0.29, 0.717) is 6.54 Å². The Kier molecular flexibility index (Phi) is 4.93. The predicted octanol–water partition coefficient (Wildman–Crippen LogP) is 1.09. The van der Waals surface area contributed by atoms with E-state index in [0.717, 1.165) is 12.0 Å². The largest absolute Gasteiger partial charge is 0.342 e. The van der Waals surface area contributed by atoms with E-state index in [9.17, 15) is 4.79 Å². The lowest BCUT2D eigenvalue weighted by molar-refractivity contribution is -0.116. The Bertz CT molecular complexity index is 198. The van der Waals surface area contributed by atoms with Crippen molar-refractivity contribution in [1.82, 2.24) is 5.32 Å². The number of amides is 1. The van der Waals surface area contributed by atoms with Crippen LogP contribution in [0.4, 0.5) is 0 Å². The Morgan fingerprint density at radius 2 is 2.36 bits per heavy atom. The molecule has 2 heteroatoms. The van der Waals surface area contributed by atoms with Gasteiger partial charge >= 0.3 is 0 Å². The summed E-state index contributed by atoms with van der Waals surface area (Å²) in [5, 5.41) is 2.55. The maximum absolute atomic E-state index is 10.9. The van der Waals surface area contributed by atoms with Crippen LogP contribution in [0, 0.1) is 12.3 Å². The van der Waals surface area contributed by atoms with Crippen LogP contribution in [0.3, 0.4) is 0 Å². The molecule has 0 radical (unpaired) electrons. The number of carbonyl (C=O) groups excluding carboxylic acids is 1. The van der Waals surface area contributed by atoms with Gasteiger partial charge in [-0.05, 0) is 13.3 Å². The molecule has 0 aliphatic carbocycles. The third kappa shape index (κ3) is 5.23. The van der Waals surface area contributed by atoms with Crippen LogP contribution in [0.2, 0.25) is 0 Å². The zero-order valence-electron chi connectivity index (χ0n) is 6.98. The third-order valence-electron chi connectivity index (χ3n) is 1.30. The number of carbonyl (C=O) groups is 1. The molecule has 0 aromatic carbocycles. The number of hydrogen-bond donors (Lipinski definition) is 1. The molecular formula is C9H13NO. The van der Waals surface area contributed by atoms with E-state index in [2.05, 4.69) is 11.2 Å². The van der Waals surface area contributed by atoms with Gasteiger partial charge in [0.05, 0.1) is 6.54 Å². The smallest absolute Gasteiger partial charge is 0.244 e. The van der Waals surface area contributed by atoms with Crippen molar-refractivity contribution in [2.75, 3.05) is 6.54 Å². The second-order valence-corrected chi connectivity index (χ2v) is 2.27. The summed E-state index contributed by atoms with van der Waals surface area (Å²) >= 11 is 0. The maximum atomic E-state index is 10.9. The van der Waals surface area contributed by atoms with Crippen molar-refractivity contribution in [3.63, 3.8) is 0 Å². The highest BCUT2D eigenvalue weighted by Gasteiger charge is 1.93. The summed E-state index contributed by atoms with van der Waals surface area (Å²) in [6.45, 7) is 4.21. The van der Waals surface area contributed by atoms with Gasteiger partial charge in [0.15, 0.2) is 0 Å². The van der Waals surface area contributed by atoms with Crippen molar-refractivity contribution in [3.05, 3.63) is 11.6 Å². The molecule has 0 fully saturated rings. The molecule has 0 saturated heterocycles. The normalized spacial score (nSPS) is 10.5. The van der Waals surface area contributed by atoms with Crippen molar-refractivity contribution >= 4 is 5.91 Å². The molecule has 1 N–H and O–H groups in total. The minimum absolute atomic E-state index is 0.109. The number of rotatable bonds is 3. The molecule has 0 bridgehead atoms. The number of terminal acetylenes is 1. The summed E-state index contributed by atoms with van der Waals surface area (Å²) in [6.07, 6.45) is 7.41. The van der Waals surface area contributed by atoms with Gasteiger partial charge in [0.25, 0.3) is 0 Å². The van der Waals surface area contributed by atoms with Crippen LogP contribution in [-0.2, 0) is 4.79 Å². The molecule has 1 amide bonds. The molecule has 60 valence electrons. The van der Waals surface area contributed by atoms with E-state index < -0.39 is 0 Å². The molecule has 2 nitrogen and oxygen atoms in total. The summed E-state index contributed by atoms with van der Waals surface area (Å²) < 4.78 is 0. The zero-order chi connectivity index (χ0) is 8.69. The first-order valence-corrected chi connectivity index (χ1v) is 3.59. The van der Waals surface area contributed by atoms with Gasteiger partial charge in [0, 0.05) is 6.08 Å². The van der Waals surface area contributed by atoms with Crippen LogP contribution in [-0.4, -0.2) is 12.5 Å². The lowest BCUT2D eigenvalue weighted by Crippen LogP contribution is -2.21. The van der Waals surface area contributed by atoms with Gasteiger partial charge in [-0.3, -0.25) is 4.79 Å². The van der Waals surface area contributed by atoms with E-state index in [4.69, 9.17) is 6.42 Å². The van der Waals surface area contributed by atoms with E-state index in [-0.39, 0.29) is 5.91 Å². The van der Waals surface area contributed by atoms with Crippen molar-refractivity contribution in [2.24, 2.45) is 0 Å². The first-order chi connectivity index (χ1) is 5.20. The number of allylic oxidation sites excluding steroid dienone is 1. The van der Waals surface area contributed by atoms with Gasteiger partial charge in [-0.25, -0.2) is 0 Å². The fourth-order valence-electron chi connectivity index (χ4n) is 0.515. The molecule has 0 rings (SSSR count). The van der Waals surface area contributed by atoms with Crippen LogP contribution in [0.25, 0.3) is 0 Å². The molecule has 0 saturated carbocycles. The highest BCUT2D eigenvalue weighted by Crippen LogP contribution is 1.95. The van der Waals surface area contributed by atoms with Crippen LogP contribution >= 0.6 is 0 Å². The van der Waals surface area contributed by atoms with Crippen LogP contribution < -0.4 is 5.32 Å². The second kappa shape index (κ2) is 5.55. The highest BCUT2D eigenvalue weighted by molar-refractivity contribution is 5.88. The van der Waals surface area contributed by atoms with Crippen LogP contribution in [0.15, 0.2) is 11.6 Å². The Hall–Kier alpha value is -1.23. The SMILES string of the molecule is C#CCNC(=O)/C=C(\C)CC. The summed E-state index contributed by atoms with van der Waals surface area (Å²) in [5.41, 5.74) is 1.06. The number of hydrogen-bond acceptors (Lipinski definition) is 1. The van der Waals surface area contributed by atoms with Crippen molar-refractivity contribution in [3.8, 4) is 12.3 Å². The topological polar surface area (TPSA) is 29.1 Å². The Labute approximate surface area is 67.7 Å². The average Bonchev–Trinajstić information content (AvgIpc) is 2.00. The summed E-state index contributed by atoms with van der Waals surface area (Å²) in [7, 11) is 0. The van der Waals surface area contributed by atoms with Crippen molar-refractivity contribution in [1.29, 1.82) is 0 Å². The lowest BCUT2D eigenvalue weighted by atomic mass is 10.2. The molecule has 0 aliphatic heterocycles. The minimum Gasteiger partial charge on any atom is -0.342 e. The fourth-order valence-corrected chi connectivity index (χ4v) is 0.515. The van der Waals surface area contributed by atoms with E-state index >= 15 is 0 Å². The Morgan fingerprint density at radius 1 is 1.73 bits per heavy atom. The van der Waals surface area contributed by atoms with Gasteiger partial charge in [0.2, 0.25) is 5.91 Å². The monoisotopic (exact) mass is 151 g/mol. The first-order valence-electron chi connectivity index (χ1n) is 3.59. The van der Waals surface area contributed by atoms with Gasteiger partial charge in [-0.1, -0.05) is 18.4 Å². The second-order valence-electron chi connectivity index (χ2n) is 2.27. The first kappa shape index (κ1) is 9.77. The van der Waals surface area contributed by atoms with E-state index in [1.165, 1.54) is 0 Å². The summed E-state index contributed by atoms with van der Waals surface area (Å²) in [4.78, 5) is 10.9. The predicted molar refractivity (Wildman–Crippen MR) is 45.9 cm³/mol. The quantitative estimate of drug-likeness (QED) is 0.475. The Morgan fingerprint density at radius 3 is 2.82 bits per heavy atom. The minimum atomic E-state index is -0.109. The van der Waals surface area contributed by atoms with Crippen LogP contribution in [0.5, 0.6) is 0 Å². The van der Waals surface area contributed by atoms with Gasteiger partial charge < -0.3 is 5.32 Å². The molecule has 11 heavy (non-hydrogen) atoms. The zero-order valence-corrected chi connectivity index (χ0v) is 6.98. The molecule has 0 aromatic heterocycles. The average molecular weight is 151 g/mol. The molecular weight excluding hydrogens is 138 g/mol. The highest BCUT2D eigenvalue weighted by atomic mass is 16.1. The van der Waals surface area contributed by atoms with Gasteiger partial charge in [-0.2, -0.15) is 0 Å². The fraction of sp³-hybridized carbons (Fsp3) is 0.444. The van der Waals surface area contributed by atoms with E-state index in [1.54, 1.807) is 6.08 Å². The Balaban J connectivity index is 3.79. The molecule has 0 unspecified atom stereocenters. The van der Waals surface area contributed by atoms with Gasteiger partial charge in [-0.15, -0.1) is 6.42 Å². The summed E-state index contributed by atoms with van der Waals surface area (Å²) in [6, 6.07) is 0. The maximum Gasteiger partial charge on any atom is 0.244 e. The standard InChI is InChI=1S/C9H13NO/c1-4-6-10-9(11)7-8(3)5-2/h1,7H,5-6H2,2-3H3,(H,10,11)/b8-7+. The van der Waals surface area contributed by atoms with E-state index in [1.807, 2.05) is 13.8 Å². The molecule has 0 spiro atoms. The molecule has 0 atom stereocenters. The third-order valence-corrected chi connectivity index (χ3v) is 1.30. The van der Waals surface area contributed by atoms with Gasteiger partial charge in [0.1, 0.15) is 0 Å². The van der Waals surface area contributed by atoms with Crippen molar-refractivity contribution < 1.29 is 4.79 Å². The van der Waals surface area contributed by atoms with Crippen molar-refractivity contribution in [2.45, 2.75) is 20.3 Å². The number of nitrogens with one attached hydrogen (secondary N) is 1. The molecule has 0 aromatic rings.